The number of nitrogens with one attached hydrogen (secondary N) is 1. The Hall–Kier alpha value is -0.730. The zero-order valence-electron chi connectivity index (χ0n) is 10.6. The second kappa shape index (κ2) is 5.28. The molecule has 1 N–H and O–H groups in total. The Morgan fingerprint density at radius 3 is 2.76 bits per heavy atom. The van der Waals surface area contributed by atoms with Crippen LogP contribution in [0, 0.1) is 5.41 Å². The molecule has 2 rings (SSSR count). The van der Waals surface area contributed by atoms with E-state index in [1.807, 2.05) is 18.2 Å². The van der Waals surface area contributed by atoms with Gasteiger partial charge in [-0.15, -0.1) is 0 Å². The second-order valence-corrected chi connectivity index (χ2v) is 5.35. The molecule has 0 atom stereocenters. The molecule has 1 saturated carbocycles. The van der Waals surface area contributed by atoms with Crippen LogP contribution in [-0.4, -0.2) is 13.7 Å². The molecular formula is C14H20ClNO. The van der Waals surface area contributed by atoms with Crippen molar-refractivity contribution in [1.29, 1.82) is 0 Å². The summed E-state index contributed by atoms with van der Waals surface area (Å²) in [6, 6.07) is 5.75. The smallest absolute Gasteiger partial charge is 0.123 e. The Bertz CT molecular complexity index is 388. The number of hydrogen-bond donors (Lipinski definition) is 1. The summed E-state index contributed by atoms with van der Waals surface area (Å²) in [4.78, 5) is 0. The van der Waals surface area contributed by atoms with Gasteiger partial charge in [-0.3, -0.25) is 0 Å². The van der Waals surface area contributed by atoms with Crippen LogP contribution in [0.4, 0.5) is 0 Å². The number of hydrogen-bond acceptors (Lipinski definition) is 2. The van der Waals surface area contributed by atoms with Crippen LogP contribution in [0.1, 0.15) is 31.7 Å². The molecule has 0 saturated heterocycles. The number of benzene rings is 1. The molecule has 0 amide bonds. The Morgan fingerprint density at radius 2 is 2.18 bits per heavy atom. The molecule has 1 aliphatic carbocycles. The highest BCUT2D eigenvalue weighted by molar-refractivity contribution is 6.30. The van der Waals surface area contributed by atoms with Crippen molar-refractivity contribution in [2.75, 3.05) is 13.7 Å². The van der Waals surface area contributed by atoms with E-state index in [1.54, 1.807) is 7.11 Å². The molecule has 0 heterocycles. The molecule has 17 heavy (non-hydrogen) atoms. The van der Waals surface area contributed by atoms with Gasteiger partial charge >= 0.3 is 0 Å². The molecule has 0 spiro atoms. The van der Waals surface area contributed by atoms with Crippen LogP contribution in [0.5, 0.6) is 5.75 Å². The summed E-state index contributed by atoms with van der Waals surface area (Å²) in [7, 11) is 1.70. The highest BCUT2D eigenvalue weighted by Crippen LogP contribution is 2.47. The maximum absolute atomic E-state index is 6.00. The lowest BCUT2D eigenvalue weighted by Crippen LogP contribution is -2.23. The normalized spacial score (nSPS) is 16.9. The van der Waals surface area contributed by atoms with Gasteiger partial charge in [0.05, 0.1) is 7.11 Å². The molecule has 1 aliphatic rings. The van der Waals surface area contributed by atoms with Crippen LogP contribution in [-0.2, 0) is 6.54 Å². The zero-order chi connectivity index (χ0) is 12.3. The van der Waals surface area contributed by atoms with Crippen LogP contribution in [0.15, 0.2) is 18.2 Å². The van der Waals surface area contributed by atoms with Crippen LogP contribution >= 0.6 is 11.6 Å². The molecule has 3 heteroatoms. The first-order valence-electron chi connectivity index (χ1n) is 6.22. The summed E-state index contributed by atoms with van der Waals surface area (Å²) in [5, 5.41) is 4.28. The predicted molar refractivity (Wildman–Crippen MR) is 71.7 cm³/mol. The lowest BCUT2D eigenvalue weighted by molar-refractivity contribution is 0.402. The zero-order valence-corrected chi connectivity index (χ0v) is 11.3. The summed E-state index contributed by atoms with van der Waals surface area (Å²) >= 11 is 6.00. The minimum Gasteiger partial charge on any atom is -0.496 e. The first-order chi connectivity index (χ1) is 8.19. The average Bonchev–Trinajstić information content (AvgIpc) is 3.10. The van der Waals surface area contributed by atoms with Crippen molar-refractivity contribution >= 4 is 11.6 Å². The molecule has 0 unspecified atom stereocenters. The average molecular weight is 254 g/mol. The van der Waals surface area contributed by atoms with Gasteiger partial charge in [-0.2, -0.15) is 0 Å². The first-order valence-corrected chi connectivity index (χ1v) is 6.60. The van der Waals surface area contributed by atoms with Crippen molar-refractivity contribution in [3.05, 3.63) is 28.8 Å². The van der Waals surface area contributed by atoms with E-state index in [0.29, 0.717) is 5.41 Å². The molecule has 1 aromatic carbocycles. The van der Waals surface area contributed by atoms with E-state index in [9.17, 15) is 0 Å². The van der Waals surface area contributed by atoms with Crippen molar-refractivity contribution in [2.24, 2.45) is 5.41 Å². The van der Waals surface area contributed by atoms with E-state index < -0.39 is 0 Å². The topological polar surface area (TPSA) is 21.3 Å². The van der Waals surface area contributed by atoms with Gasteiger partial charge in [-0.05, 0) is 42.9 Å². The molecule has 1 fully saturated rings. The summed E-state index contributed by atoms with van der Waals surface area (Å²) in [5.74, 6) is 0.906. The van der Waals surface area contributed by atoms with Gasteiger partial charge in [0.2, 0.25) is 0 Å². The maximum atomic E-state index is 6.00. The van der Waals surface area contributed by atoms with Crippen molar-refractivity contribution < 1.29 is 4.74 Å². The lowest BCUT2D eigenvalue weighted by Gasteiger charge is -2.15. The molecule has 0 aromatic heterocycles. The molecule has 94 valence electrons. The minimum atomic E-state index is 0.575. The Kier molecular flexibility index (Phi) is 3.95. The fourth-order valence-electron chi connectivity index (χ4n) is 2.18. The van der Waals surface area contributed by atoms with E-state index >= 15 is 0 Å². The van der Waals surface area contributed by atoms with E-state index in [4.69, 9.17) is 16.3 Å². The van der Waals surface area contributed by atoms with Crippen molar-refractivity contribution in [1.82, 2.24) is 5.32 Å². The van der Waals surface area contributed by atoms with E-state index in [0.717, 1.165) is 29.4 Å². The second-order valence-electron chi connectivity index (χ2n) is 4.91. The molecule has 1 aromatic rings. The third-order valence-electron chi connectivity index (χ3n) is 3.77. The monoisotopic (exact) mass is 253 g/mol. The molecule has 0 aliphatic heterocycles. The SMILES string of the molecule is CCC1(CNCc2cc(Cl)ccc2OC)CC1. The summed E-state index contributed by atoms with van der Waals surface area (Å²) in [6.45, 7) is 4.19. The van der Waals surface area contributed by atoms with Crippen LogP contribution < -0.4 is 10.1 Å². The standard InChI is InChI=1S/C14H20ClNO/c1-3-14(6-7-14)10-16-9-11-8-12(15)4-5-13(11)17-2/h4-5,8,16H,3,6-7,9-10H2,1-2H3. The fourth-order valence-corrected chi connectivity index (χ4v) is 2.37. The van der Waals surface area contributed by atoms with Gasteiger partial charge in [0, 0.05) is 23.7 Å². The summed E-state index contributed by atoms with van der Waals surface area (Å²) in [6.07, 6.45) is 4.00. The Morgan fingerprint density at radius 1 is 1.41 bits per heavy atom. The quantitative estimate of drug-likeness (QED) is 0.836. The van der Waals surface area contributed by atoms with Gasteiger partial charge in [0.25, 0.3) is 0 Å². The Labute approximate surface area is 108 Å². The van der Waals surface area contributed by atoms with Crippen molar-refractivity contribution in [2.45, 2.75) is 32.7 Å². The number of methoxy groups -OCH3 is 1. The van der Waals surface area contributed by atoms with Crippen molar-refractivity contribution in [3.63, 3.8) is 0 Å². The van der Waals surface area contributed by atoms with Gasteiger partial charge in [-0.25, -0.2) is 0 Å². The highest BCUT2D eigenvalue weighted by Gasteiger charge is 2.39. The van der Waals surface area contributed by atoms with Crippen molar-refractivity contribution in [3.8, 4) is 5.75 Å². The minimum absolute atomic E-state index is 0.575. The fraction of sp³-hybridized carbons (Fsp3) is 0.571. The number of ether oxygens (including phenoxy) is 1. The lowest BCUT2D eigenvalue weighted by atomic mass is 10.0. The van der Waals surface area contributed by atoms with Crippen LogP contribution in [0.2, 0.25) is 5.02 Å². The Balaban J connectivity index is 1.91. The summed E-state index contributed by atoms with van der Waals surface area (Å²) < 4.78 is 5.33. The van der Waals surface area contributed by atoms with Crippen LogP contribution in [0.25, 0.3) is 0 Å². The predicted octanol–water partition coefficient (Wildman–Crippen LogP) is 3.63. The van der Waals surface area contributed by atoms with Gasteiger partial charge < -0.3 is 10.1 Å². The molecule has 0 radical (unpaired) electrons. The molecular weight excluding hydrogens is 234 g/mol. The largest absolute Gasteiger partial charge is 0.496 e. The summed E-state index contributed by atoms with van der Waals surface area (Å²) in [5.41, 5.74) is 1.71. The third-order valence-corrected chi connectivity index (χ3v) is 4.00. The molecule has 0 bridgehead atoms. The van der Waals surface area contributed by atoms with Crippen LogP contribution in [0.3, 0.4) is 0 Å². The van der Waals surface area contributed by atoms with E-state index in [1.165, 1.54) is 19.3 Å². The maximum Gasteiger partial charge on any atom is 0.123 e. The van der Waals surface area contributed by atoms with E-state index in [-0.39, 0.29) is 0 Å². The van der Waals surface area contributed by atoms with Gasteiger partial charge in [-0.1, -0.05) is 18.5 Å². The number of rotatable bonds is 6. The highest BCUT2D eigenvalue weighted by atomic mass is 35.5. The third kappa shape index (κ3) is 3.14. The van der Waals surface area contributed by atoms with E-state index in [2.05, 4.69) is 12.2 Å². The van der Waals surface area contributed by atoms with Gasteiger partial charge in [0.1, 0.15) is 5.75 Å². The number of halogens is 1. The molecule has 2 nitrogen and oxygen atoms in total. The van der Waals surface area contributed by atoms with Gasteiger partial charge in [0.15, 0.2) is 0 Å². The first kappa shape index (κ1) is 12.7.